The molecule has 156 valence electrons. The zero-order chi connectivity index (χ0) is 22.0. The van der Waals surface area contributed by atoms with Gasteiger partial charge in [0.25, 0.3) is 5.79 Å². The summed E-state index contributed by atoms with van der Waals surface area (Å²) < 4.78 is 5.95. The molecule has 0 fully saturated rings. The van der Waals surface area contributed by atoms with Crippen molar-refractivity contribution in [3.8, 4) is 5.75 Å². The average molecular weight is 409 g/mol. The summed E-state index contributed by atoms with van der Waals surface area (Å²) in [6.07, 6.45) is 0. The minimum absolute atomic E-state index is 0.0659. The quantitative estimate of drug-likeness (QED) is 0.507. The van der Waals surface area contributed by atoms with Crippen LogP contribution < -0.4 is 15.8 Å². The Morgan fingerprint density at radius 1 is 1.17 bits per heavy atom. The second kappa shape index (κ2) is 6.30. The molecule has 0 saturated heterocycles. The minimum Gasteiger partial charge on any atom is -0.454 e. The number of hydrogen-bond donors (Lipinski definition) is 3. The van der Waals surface area contributed by atoms with E-state index in [1.165, 1.54) is 26.2 Å². The summed E-state index contributed by atoms with van der Waals surface area (Å²) >= 11 is 0. The molecular weight excluding hydrogens is 386 g/mol. The third-order valence-electron chi connectivity index (χ3n) is 5.77. The van der Waals surface area contributed by atoms with E-state index in [0.29, 0.717) is 0 Å². The highest BCUT2D eigenvalue weighted by Crippen LogP contribution is 2.59. The lowest BCUT2D eigenvalue weighted by Gasteiger charge is -2.34. The molecule has 2 atom stereocenters. The van der Waals surface area contributed by atoms with Crippen LogP contribution in [0.2, 0.25) is 0 Å². The first kappa shape index (κ1) is 19.9. The molecule has 4 N–H and O–H groups in total. The van der Waals surface area contributed by atoms with E-state index in [4.69, 9.17) is 10.5 Å². The predicted molar refractivity (Wildman–Crippen MR) is 109 cm³/mol. The van der Waals surface area contributed by atoms with Gasteiger partial charge in [-0.3, -0.25) is 14.4 Å². The third kappa shape index (κ3) is 2.34. The Morgan fingerprint density at radius 3 is 2.50 bits per heavy atom. The van der Waals surface area contributed by atoms with E-state index in [9.17, 15) is 19.5 Å². The minimum atomic E-state index is -2.24. The number of fused-ring (bicyclic) bond motifs is 5. The van der Waals surface area contributed by atoms with Gasteiger partial charge in [0.15, 0.2) is 0 Å². The first-order chi connectivity index (χ1) is 14.0. The van der Waals surface area contributed by atoms with Gasteiger partial charge < -0.3 is 25.8 Å². The highest BCUT2D eigenvalue weighted by Gasteiger charge is 2.72. The van der Waals surface area contributed by atoms with Crippen LogP contribution in [0.15, 0.2) is 36.4 Å². The first-order valence-corrected chi connectivity index (χ1v) is 9.58. The number of benzene rings is 2. The Morgan fingerprint density at radius 2 is 1.87 bits per heavy atom. The number of aliphatic hydroxyl groups is 1. The maximum atomic E-state index is 13.7. The topological polar surface area (TPSA) is 122 Å². The van der Waals surface area contributed by atoms with Gasteiger partial charge in [0.1, 0.15) is 5.75 Å². The van der Waals surface area contributed by atoms with Crippen molar-refractivity contribution in [3.05, 3.63) is 58.7 Å². The molecule has 2 unspecified atom stereocenters. The molecule has 1 heterocycles. The zero-order valence-corrected chi connectivity index (χ0v) is 17.1. The smallest absolute Gasteiger partial charge is 0.311 e. The molecule has 30 heavy (non-hydrogen) atoms. The van der Waals surface area contributed by atoms with E-state index in [1.807, 2.05) is 13.8 Å². The molecule has 2 amide bonds. The standard InChI is InChI=1S/C22H23N3O5/c1-11(2)12-8-9-13-16(10-12)30-22(29)14-6-5-7-15(23)17(14)18(26)21(13,22)24-19(27)20(28)25(3)4/h5-11,29H,23H2,1-4H3,(H,24,27). The van der Waals surface area contributed by atoms with Gasteiger partial charge in [0.2, 0.25) is 11.3 Å². The van der Waals surface area contributed by atoms with Gasteiger partial charge >= 0.3 is 11.8 Å². The maximum absolute atomic E-state index is 13.7. The van der Waals surface area contributed by atoms with E-state index in [2.05, 4.69) is 5.32 Å². The van der Waals surface area contributed by atoms with Crippen molar-refractivity contribution in [2.75, 3.05) is 19.8 Å². The molecule has 2 aliphatic rings. The third-order valence-corrected chi connectivity index (χ3v) is 5.77. The van der Waals surface area contributed by atoms with Crippen molar-refractivity contribution in [2.45, 2.75) is 31.1 Å². The molecule has 0 saturated carbocycles. The number of likely N-dealkylation sites (N-methyl/N-ethyl adjacent to an activating group) is 1. The monoisotopic (exact) mass is 409 g/mol. The number of anilines is 1. The van der Waals surface area contributed by atoms with Gasteiger partial charge in [-0.25, -0.2) is 0 Å². The summed E-state index contributed by atoms with van der Waals surface area (Å²) in [6.45, 7) is 4.00. The van der Waals surface area contributed by atoms with E-state index in [-0.39, 0.29) is 34.0 Å². The maximum Gasteiger partial charge on any atom is 0.311 e. The summed E-state index contributed by atoms with van der Waals surface area (Å²) in [4.78, 5) is 39.8. The van der Waals surface area contributed by atoms with E-state index in [1.54, 1.807) is 24.3 Å². The van der Waals surface area contributed by atoms with E-state index >= 15 is 0 Å². The number of nitrogens with two attached hydrogens (primary N) is 1. The Kier molecular flexibility index (Phi) is 4.18. The fourth-order valence-electron chi connectivity index (χ4n) is 4.17. The molecule has 2 aromatic carbocycles. The molecule has 0 aromatic heterocycles. The number of ketones is 1. The number of nitrogens with one attached hydrogen (secondary N) is 1. The number of nitrogen functional groups attached to an aromatic ring is 1. The van der Waals surface area contributed by atoms with Crippen LogP contribution >= 0.6 is 0 Å². The highest BCUT2D eigenvalue weighted by molar-refractivity contribution is 6.36. The van der Waals surface area contributed by atoms with Crippen molar-refractivity contribution in [2.24, 2.45) is 0 Å². The van der Waals surface area contributed by atoms with Crippen LogP contribution in [0.25, 0.3) is 0 Å². The average Bonchev–Trinajstić information content (AvgIpc) is 3.04. The van der Waals surface area contributed by atoms with Gasteiger partial charge in [-0.1, -0.05) is 38.1 Å². The second-order valence-corrected chi connectivity index (χ2v) is 8.16. The lowest BCUT2D eigenvalue weighted by atomic mass is 9.82. The number of ether oxygens (including phenoxy) is 1. The lowest BCUT2D eigenvalue weighted by Crippen LogP contribution is -2.62. The SMILES string of the molecule is CC(C)c1ccc2c(c1)OC1(O)c3cccc(N)c3C(=O)C21NC(=O)C(=O)N(C)C. The summed E-state index contributed by atoms with van der Waals surface area (Å²) in [6, 6.07) is 9.83. The van der Waals surface area contributed by atoms with Crippen molar-refractivity contribution < 1.29 is 24.2 Å². The van der Waals surface area contributed by atoms with E-state index in [0.717, 1.165) is 10.5 Å². The Balaban J connectivity index is 1.97. The molecule has 0 spiro atoms. The molecule has 0 bridgehead atoms. The predicted octanol–water partition coefficient (Wildman–Crippen LogP) is 1.23. The largest absolute Gasteiger partial charge is 0.454 e. The Bertz CT molecular complexity index is 1110. The van der Waals surface area contributed by atoms with Gasteiger partial charge in [-0.15, -0.1) is 0 Å². The summed E-state index contributed by atoms with van der Waals surface area (Å²) in [7, 11) is 2.84. The molecule has 0 radical (unpaired) electrons. The Labute approximate surface area is 173 Å². The highest BCUT2D eigenvalue weighted by atomic mass is 16.6. The van der Waals surface area contributed by atoms with Gasteiger partial charge in [0.05, 0.1) is 5.56 Å². The molecule has 1 aliphatic carbocycles. The van der Waals surface area contributed by atoms with Crippen LogP contribution in [0.4, 0.5) is 5.69 Å². The number of hydrogen-bond acceptors (Lipinski definition) is 6. The zero-order valence-electron chi connectivity index (χ0n) is 17.1. The molecule has 1 aliphatic heterocycles. The van der Waals surface area contributed by atoms with Gasteiger partial charge in [-0.05, 0) is 23.6 Å². The second-order valence-electron chi connectivity index (χ2n) is 8.16. The van der Waals surface area contributed by atoms with Crippen molar-refractivity contribution in [1.29, 1.82) is 0 Å². The molecule has 8 heteroatoms. The first-order valence-electron chi connectivity index (χ1n) is 9.58. The van der Waals surface area contributed by atoms with Crippen LogP contribution in [0.3, 0.4) is 0 Å². The summed E-state index contributed by atoms with van der Waals surface area (Å²) in [5.41, 5.74) is 5.57. The fraction of sp³-hybridized carbons (Fsp3) is 0.318. The number of nitrogens with zero attached hydrogens (tertiary/aromatic N) is 1. The molecule has 8 nitrogen and oxygen atoms in total. The van der Waals surface area contributed by atoms with Crippen molar-refractivity contribution >= 4 is 23.3 Å². The lowest BCUT2D eigenvalue weighted by molar-refractivity contribution is -0.176. The van der Waals surface area contributed by atoms with Crippen LogP contribution in [-0.2, 0) is 20.9 Å². The molecular formula is C22H23N3O5. The Hall–Kier alpha value is -3.39. The number of carbonyl (C=O) groups excluding carboxylic acids is 3. The number of Topliss-reactive ketones (excluding diaryl/α,β-unsaturated/α-hetero) is 1. The molecule has 4 rings (SSSR count). The number of amides is 2. The van der Waals surface area contributed by atoms with Crippen LogP contribution in [0, 0.1) is 0 Å². The number of carbonyl (C=O) groups is 3. The van der Waals surface area contributed by atoms with Gasteiger partial charge in [0, 0.05) is 30.9 Å². The molecule has 2 aromatic rings. The van der Waals surface area contributed by atoms with E-state index < -0.39 is 28.9 Å². The van der Waals surface area contributed by atoms with Crippen LogP contribution in [-0.4, -0.2) is 41.7 Å². The normalized spacial score (nSPS) is 23.5. The fourth-order valence-corrected chi connectivity index (χ4v) is 4.17. The van der Waals surface area contributed by atoms with Crippen molar-refractivity contribution in [3.63, 3.8) is 0 Å². The van der Waals surface area contributed by atoms with Gasteiger partial charge in [-0.2, -0.15) is 0 Å². The number of rotatable bonds is 2. The summed E-state index contributed by atoms with van der Waals surface area (Å²) in [5, 5.41) is 14.2. The van der Waals surface area contributed by atoms with Crippen molar-refractivity contribution in [1.82, 2.24) is 10.2 Å². The van der Waals surface area contributed by atoms with Crippen LogP contribution in [0.1, 0.15) is 46.8 Å². The summed E-state index contributed by atoms with van der Waals surface area (Å²) in [5.74, 6) is -4.34. The van der Waals surface area contributed by atoms with Crippen LogP contribution in [0.5, 0.6) is 5.75 Å².